The minimum Gasteiger partial charge on any atom is -0.396 e. The fourth-order valence-corrected chi connectivity index (χ4v) is 2.63. The molecule has 0 fully saturated rings. The van der Waals surface area contributed by atoms with Crippen molar-refractivity contribution in [1.82, 2.24) is 0 Å². The third kappa shape index (κ3) is 71.9. The molecule has 0 aromatic rings. The van der Waals surface area contributed by atoms with E-state index in [4.69, 9.17) is 20.4 Å². The van der Waals surface area contributed by atoms with Gasteiger partial charge in [0, 0.05) is 52.1 Å². The monoisotopic (exact) mass is 1210 g/mol. The molecule has 184 valence electrons. The van der Waals surface area contributed by atoms with Gasteiger partial charge in [0.15, 0.2) is 0 Å². The van der Waals surface area contributed by atoms with Crippen LogP contribution in [0.3, 0.4) is 0 Å². The van der Waals surface area contributed by atoms with Crippen LogP contribution in [0.5, 0.6) is 0 Å². The van der Waals surface area contributed by atoms with Crippen LogP contribution in [0.1, 0.15) is 25.7 Å². The molecule has 0 heterocycles. The molecule has 29 heavy (non-hydrogen) atoms. The maximum absolute atomic E-state index is 8.31. The van der Waals surface area contributed by atoms with E-state index in [9.17, 15) is 0 Å². The van der Waals surface area contributed by atoms with Crippen molar-refractivity contribution in [2.45, 2.75) is 34.3 Å². The Hall–Kier alpha value is 5.82. The van der Waals surface area contributed by atoms with Crippen LogP contribution in [0.25, 0.3) is 0 Å². The van der Waals surface area contributed by atoms with Crippen molar-refractivity contribution >= 4 is 202 Å². The molecular weight excluding hydrogens is 1200 g/mol. The zero-order chi connectivity index (χ0) is 23.7. The molecule has 0 saturated carbocycles. The second kappa shape index (κ2) is 25.5. The normalized spacial score (nSPS) is 11.6. The Kier molecular flexibility index (Phi) is 39.3. The molecular formula is C12H24Br12O4Si. The van der Waals surface area contributed by atoms with Crippen molar-refractivity contribution in [1.29, 1.82) is 0 Å². The van der Waals surface area contributed by atoms with E-state index < -0.39 is 0 Å². The maximum atomic E-state index is 8.31. The SMILES string of the molecule is OCCC(Br)(Br)Br.OCCC(Br)(Br)Br.OCCC(Br)(Br)Br.OCCC(Br)(Br)Br.[SiH4]. The molecule has 0 aromatic heterocycles. The summed E-state index contributed by atoms with van der Waals surface area (Å²) in [4.78, 5) is 0. The quantitative estimate of drug-likeness (QED) is 0.175. The maximum Gasteiger partial charge on any atom is 0.137 e. The molecule has 0 aliphatic rings. The van der Waals surface area contributed by atoms with Crippen LogP contribution >= 0.6 is 191 Å². The number of hydrogen-bond donors (Lipinski definition) is 4. The van der Waals surface area contributed by atoms with Crippen LogP contribution in [0.4, 0.5) is 0 Å². The molecule has 0 aromatic carbocycles. The summed E-state index contributed by atoms with van der Waals surface area (Å²) in [6.45, 7) is 0.674. The predicted molar refractivity (Wildman–Crippen MR) is 176 cm³/mol. The number of rotatable bonds is 4. The van der Waals surface area contributed by atoms with E-state index in [0.717, 1.165) is 0 Å². The topological polar surface area (TPSA) is 80.9 Å². The van der Waals surface area contributed by atoms with E-state index in [1.54, 1.807) is 0 Å². The Morgan fingerprint density at radius 3 is 0.448 bits per heavy atom. The molecule has 0 aliphatic heterocycles. The number of halogens is 12. The van der Waals surface area contributed by atoms with Crippen LogP contribution < -0.4 is 0 Å². The lowest BCUT2D eigenvalue weighted by Gasteiger charge is -2.07. The van der Waals surface area contributed by atoms with Crippen molar-refractivity contribution in [2.75, 3.05) is 26.4 Å². The van der Waals surface area contributed by atoms with Crippen LogP contribution in [0.2, 0.25) is 0 Å². The predicted octanol–water partition coefficient (Wildman–Crippen LogP) is 7.38. The molecule has 17 heteroatoms. The van der Waals surface area contributed by atoms with Gasteiger partial charge in [0.25, 0.3) is 0 Å². The lowest BCUT2D eigenvalue weighted by atomic mass is 10.5. The summed E-state index contributed by atoms with van der Waals surface area (Å²) in [6.07, 6.45) is 2.58. The van der Waals surface area contributed by atoms with Crippen LogP contribution in [-0.2, 0) is 0 Å². The molecule has 0 atom stereocenters. The van der Waals surface area contributed by atoms with Gasteiger partial charge in [-0.15, -0.1) is 0 Å². The van der Waals surface area contributed by atoms with Gasteiger partial charge in [0.05, 0.1) is 0 Å². The first-order chi connectivity index (χ1) is 12.2. The Morgan fingerprint density at radius 1 is 0.345 bits per heavy atom. The lowest BCUT2D eigenvalue weighted by Crippen LogP contribution is -2.01. The standard InChI is InChI=1S/4C3H5Br3O.H4Si/c4*4-3(5,6)1-2-7;/h4*7H,1-2H2;1H4. The number of aliphatic hydroxyl groups excluding tert-OH is 4. The highest BCUT2D eigenvalue weighted by atomic mass is 80.0. The summed E-state index contributed by atoms with van der Waals surface area (Å²) < 4.78 is -1.05. The van der Waals surface area contributed by atoms with Gasteiger partial charge in [-0.3, -0.25) is 0 Å². The largest absolute Gasteiger partial charge is 0.396 e. The van der Waals surface area contributed by atoms with E-state index in [1.807, 2.05) is 0 Å². The number of hydrogen-bond acceptors (Lipinski definition) is 4. The lowest BCUT2D eigenvalue weighted by molar-refractivity contribution is 0.293. The van der Waals surface area contributed by atoms with Gasteiger partial charge in [-0.25, -0.2) is 0 Å². The third-order valence-corrected chi connectivity index (χ3v) is 6.34. The first kappa shape index (κ1) is 44.8. The van der Waals surface area contributed by atoms with E-state index in [2.05, 4.69) is 191 Å². The van der Waals surface area contributed by atoms with Crippen molar-refractivity contribution < 1.29 is 20.4 Å². The highest BCUT2D eigenvalue weighted by Gasteiger charge is 2.16. The van der Waals surface area contributed by atoms with Gasteiger partial charge in [-0.2, -0.15) is 0 Å². The summed E-state index contributed by atoms with van der Waals surface area (Å²) >= 11 is 38.5. The van der Waals surface area contributed by atoms with Crippen molar-refractivity contribution in [2.24, 2.45) is 0 Å². The molecule has 4 nitrogen and oxygen atoms in total. The zero-order valence-electron chi connectivity index (χ0n) is 14.0. The Morgan fingerprint density at radius 2 is 0.448 bits per heavy atom. The molecule has 0 radical (unpaired) electrons. The Bertz CT molecular complexity index is 265. The van der Waals surface area contributed by atoms with Gasteiger partial charge in [-0.05, 0) is 11.0 Å². The van der Waals surface area contributed by atoms with Crippen molar-refractivity contribution in [3.63, 3.8) is 0 Å². The highest BCUT2D eigenvalue weighted by molar-refractivity contribution is 9.40. The fourth-order valence-electron chi connectivity index (χ4n) is 0.507. The summed E-state index contributed by atoms with van der Waals surface area (Å²) in [5.41, 5.74) is 0. The third-order valence-electron chi connectivity index (χ3n) is 1.58. The summed E-state index contributed by atoms with van der Waals surface area (Å²) in [7, 11) is 0. The van der Waals surface area contributed by atoms with Gasteiger partial charge < -0.3 is 20.4 Å². The van der Waals surface area contributed by atoms with Crippen molar-refractivity contribution in [3.8, 4) is 0 Å². The van der Waals surface area contributed by atoms with Crippen LogP contribution in [0.15, 0.2) is 0 Å². The first-order valence-electron chi connectivity index (χ1n) is 6.95. The van der Waals surface area contributed by atoms with E-state index >= 15 is 0 Å². The van der Waals surface area contributed by atoms with E-state index in [0.29, 0.717) is 25.7 Å². The van der Waals surface area contributed by atoms with E-state index in [1.165, 1.54) is 0 Å². The molecule has 0 bridgehead atoms. The molecule has 0 unspecified atom stereocenters. The molecule has 0 amide bonds. The number of aliphatic hydroxyl groups is 4. The Balaban J connectivity index is -0.0000000873. The molecule has 0 aliphatic carbocycles. The van der Waals surface area contributed by atoms with Gasteiger partial charge in [-0.1, -0.05) is 191 Å². The second-order valence-corrected chi connectivity index (χ2v) is 33.4. The molecule has 0 rings (SSSR count). The summed E-state index contributed by atoms with van der Waals surface area (Å²) in [6, 6.07) is 0. The molecule has 0 spiro atoms. The van der Waals surface area contributed by atoms with Gasteiger partial charge >= 0.3 is 0 Å². The second-order valence-electron chi connectivity index (χ2n) is 4.36. The fraction of sp³-hybridized carbons (Fsp3) is 1.00. The Labute approximate surface area is 278 Å². The minimum atomic E-state index is -0.262. The highest BCUT2D eigenvalue weighted by Crippen LogP contribution is 2.37. The number of alkyl halides is 12. The summed E-state index contributed by atoms with van der Waals surface area (Å²) in [5.74, 6) is 0. The molecule has 0 saturated heterocycles. The average Bonchev–Trinajstić information content (AvgIpc) is 2.34. The zero-order valence-corrected chi connectivity index (χ0v) is 33.0. The van der Waals surface area contributed by atoms with E-state index in [-0.39, 0.29) is 46.0 Å². The van der Waals surface area contributed by atoms with Crippen LogP contribution in [-0.4, -0.2) is 66.4 Å². The van der Waals surface area contributed by atoms with Gasteiger partial charge in [0.2, 0.25) is 0 Å². The smallest absolute Gasteiger partial charge is 0.137 e. The van der Waals surface area contributed by atoms with Crippen molar-refractivity contribution in [3.05, 3.63) is 0 Å². The van der Waals surface area contributed by atoms with Gasteiger partial charge in [0.1, 0.15) is 8.57 Å². The minimum absolute atomic E-state index is 0. The molecule has 4 N–H and O–H groups in total. The van der Waals surface area contributed by atoms with Crippen LogP contribution in [0, 0.1) is 0 Å². The average molecular weight is 1220 g/mol. The summed E-state index contributed by atoms with van der Waals surface area (Å²) in [5, 5.41) is 33.2. The first-order valence-corrected chi connectivity index (χ1v) is 16.5.